The lowest BCUT2D eigenvalue weighted by Crippen LogP contribution is -2.22. The first-order valence-corrected chi connectivity index (χ1v) is 12.2. The summed E-state index contributed by atoms with van der Waals surface area (Å²) in [4.78, 5) is 46.5. The van der Waals surface area contributed by atoms with E-state index in [1.807, 2.05) is 37.2 Å². The largest absolute Gasteiger partial charge is 0.460 e. The third kappa shape index (κ3) is 4.64. The molecule has 0 unspecified atom stereocenters. The first-order chi connectivity index (χ1) is 18.2. The molecule has 0 amide bonds. The average Bonchev–Trinajstić information content (AvgIpc) is 3.16. The number of fused-ring (bicyclic) bond motifs is 2. The highest BCUT2D eigenvalue weighted by atomic mass is 19.1. The zero-order valence-electron chi connectivity index (χ0n) is 21.3. The smallest absolute Gasteiger partial charge is 0.355 e. The summed E-state index contributed by atoms with van der Waals surface area (Å²) < 4.78 is 22.2. The Morgan fingerprint density at radius 3 is 2.61 bits per heavy atom. The number of nitrogens with zero attached hydrogens (tertiary/aromatic N) is 2. The molecule has 5 aromatic rings. The van der Waals surface area contributed by atoms with Crippen LogP contribution in [0.5, 0.6) is 0 Å². The first-order valence-electron chi connectivity index (χ1n) is 12.2. The number of aryl methyl sites for hydroxylation is 1. The van der Waals surface area contributed by atoms with Crippen LogP contribution >= 0.6 is 0 Å². The molecule has 5 rings (SSSR count). The number of para-hydroxylation sites is 1. The molecule has 2 aromatic carbocycles. The number of pyridine rings is 2. The number of hydrogen-bond donors (Lipinski definition) is 2. The van der Waals surface area contributed by atoms with Crippen LogP contribution in [0.4, 0.5) is 4.39 Å². The SMILES string of the molecule is Cc1cc2c(-c3ccc[nH]c3=O)c(C(=O)OCCN(C)C)n(Cc3cc(=O)[nH]c4ccccc34)c2cc1F. The number of nitrogens with one attached hydrogen (secondary N) is 2. The van der Waals surface area contributed by atoms with Crippen LogP contribution in [-0.4, -0.2) is 52.7 Å². The minimum Gasteiger partial charge on any atom is -0.460 e. The van der Waals surface area contributed by atoms with E-state index in [9.17, 15) is 18.8 Å². The fraction of sp³-hybridized carbons (Fsp3) is 0.207. The minimum absolute atomic E-state index is 0.0757. The molecule has 2 N–H and O–H groups in total. The van der Waals surface area contributed by atoms with Crippen molar-refractivity contribution in [2.75, 3.05) is 27.2 Å². The van der Waals surface area contributed by atoms with Crippen LogP contribution in [0.1, 0.15) is 21.6 Å². The van der Waals surface area contributed by atoms with Gasteiger partial charge in [-0.3, -0.25) is 9.59 Å². The van der Waals surface area contributed by atoms with Crippen molar-refractivity contribution in [3.8, 4) is 11.1 Å². The molecule has 0 saturated carbocycles. The van der Waals surface area contributed by atoms with Crippen LogP contribution in [-0.2, 0) is 11.3 Å². The third-order valence-corrected chi connectivity index (χ3v) is 6.56. The lowest BCUT2D eigenvalue weighted by Gasteiger charge is -2.15. The quantitative estimate of drug-likeness (QED) is 0.319. The van der Waals surface area contributed by atoms with Gasteiger partial charge in [-0.25, -0.2) is 9.18 Å². The highest BCUT2D eigenvalue weighted by Crippen LogP contribution is 2.36. The highest BCUT2D eigenvalue weighted by Gasteiger charge is 2.28. The van der Waals surface area contributed by atoms with Crippen LogP contribution in [0.15, 0.2) is 70.4 Å². The fourth-order valence-corrected chi connectivity index (χ4v) is 4.71. The number of aromatic amines is 2. The molecule has 0 aliphatic rings. The van der Waals surface area contributed by atoms with E-state index in [2.05, 4.69) is 9.97 Å². The average molecular weight is 515 g/mol. The summed E-state index contributed by atoms with van der Waals surface area (Å²) in [6, 6.07) is 15.1. The molecular formula is C29H27FN4O4. The summed E-state index contributed by atoms with van der Waals surface area (Å²) in [5, 5.41) is 1.32. The Morgan fingerprint density at radius 1 is 1.05 bits per heavy atom. The van der Waals surface area contributed by atoms with E-state index < -0.39 is 17.3 Å². The molecule has 0 atom stereocenters. The molecule has 8 nitrogen and oxygen atoms in total. The normalized spacial score (nSPS) is 11.5. The van der Waals surface area contributed by atoms with Crippen molar-refractivity contribution in [2.45, 2.75) is 13.5 Å². The Hall–Kier alpha value is -4.50. The van der Waals surface area contributed by atoms with Crippen molar-refractivity contribution in [1.29, 1.82) is 0 Å². The molecule has 9 heteroatoms. The molecule has 194 valence electrons. The van der Waals surface area contributed by atoms with Gasteiger partial charge in [-0.15, -0.1) is 0 Å². The van der Waals surface area contributed by atoms with E-state index in [0.29, 0.717) is 39.7 Å². The standard InChI is InChI=1S/C29H27FN4O4/c1-17-13-21-24(15-22(17)30)34(16-18-14-25(35)32-23-9-5-4-7-19(18)23)27(29(37)38-12-11-33(2)3)26(21)20-8-6-10-31-28(20)36/h4-10,13-15H,11-12,16H2,1-3H3,(H,31,36)(H,32,35). The molecule has 0 radical (unpaired) electrons. The zero-order chi connectivity index (χ0) is 27.0. The maximum Gasteiger partial charge on any atom is 0.355 e. The highest BCUT2D eigenvalue weighted by molar-refractivity contribution is 6.09. The van der Waals surface area contributed by atoms with Crippen molar-refractivity contribution < 1.29 is 13.9 Å². The summed E-state index contributed by atoms with van der Waals surface area (Å²) in [6.07, 6.45) is 1.51. The van der Waals surface area contributed by atoms with Crippen LogP contribution in [0.3, 0.4) is 0 Å². The number of carbonyl (C=O) groups excluding carboxylic acids is 1. The van der Waals surface area contributed by atoms with Gasteiger partial charge < -0.3 is 24.2 Å². The van der Waals surface area contributed by atoms with Gasteiger partial charge in [-0.1, -0.05) is 18.2 Å². The van der Waals surface area contributed by atoms with Gasteiger partial charge in [-0.05, 0) is 62.5 Å². The lowest BCUT2D eigenvalue weighted by molar-refractivity contribution is 0.0471. The van der Waals surface area contributed by atoms with E-state index in [4.69, 9.17) is 4.74 Å². The number of rotatable bonds is 7. The number of ether oxygens (including phenoxy) is 1. The number of aromatic nitrogens is 3. The van der Waals surface area contributed by atoms with E-state index in [0.717, 1.165) is 5.39 Å². The van der Waals surface area contributed by atoms with Gasteiger partial charge in [0.1, 0.15) is 18.1 Å². The van der Waals surface area contributed by atoms with E-state index in [1.54, 1.807) is 35.8 Å². The predicted molar refractivity (Wildman–Crippen MR) is 145 cm³/mol. The molecule has 0 saturated heterocycles. The van der Waals surface area contributed by atoms with Gasteiger partial charge in [0.2, 0.25) is 5.56 Å². The van der Waals surface area contributed by atoms with Gasteiger partial charge in [0.15, 0.2) is 0 Å². The maximum atomic E-state index is 14.9. The molecule has 0 spiro atoms. The molecule has 0 aliphatic carbocycles. The Bertz CT molecular complexity index is 1800. The number of esters is 1. The summed E-state index contributed by atoms with van der Waals surface area (Å²) in [5.41, 5.74) is 2.11. The molecule has 3 aromatic heterocycles. The fourth-order valence-electron chi connectivity index (χ4n) is 4.71. The molecule has 3 heterocycles. The number of H-pyrrole nitrogens is 2. The Morgan fingerprint density at radius 2 is 1.84 bits per heavy atom. The van der Waals surface area contributed by atoms with Crippen LogP contribution in [0.2, 0.25) is 0 Å². The predicted octanol–water partition coefficient (Wildman–Crippen LogP) is 4.05. The third-order valence-electron chi connectivity index (χ3n) is 6.56. The van der Waals surface area contributed by atoms with E-state index in [1.165, 1.54) is 18.3 Å². The molecule has 0 aliphatic heterocycles. The molecule has 38 heavy (non-hydrogen) atoms. The monoisotopic (exact) mass is 514 g/mol. The van der Waals surface area contributed by atoms with Gasteiger partial charge in [-0.2, -0.15) is 0 Å². The van der Waals surface area contributed by atoms with Crippen LogP contribution in [0, 0.1) is 12.7 Å². The van der Waals surface area contributed by atoms with Gasteiger partial charge >= 0.3 is 5.97 Å². The number of halogens is 1. The zero-order valence-corrected chi connectivity index (χ0v) is 21.3. The Kier molecular flexibility index (Phi) is 6.69. The number of hydrogen-bond acceptors (Lipinski definition) is 5. The van der Waals surface area contributed by atoms with Gasteiger partial charge in [0.25, 0.3) is 5.56 Å². The second-order valence-electron chi connectivity index (χ2n) is 9.48. The summed E-state index contributed by atoms with van der Waals surface area (Å²) in [5.74, 6) is -1.10. The summed E-state index contributed by atoms with van der Waals surface area (Å²) in [7, 11) is 3.73. The number of likely N-dealkylation sites (N-methyl/N-ethyl adjacent to an activating group) is 1. The topological polar surface area (TPSA) is 100 Å². The van der Waals surface area contributed by atoms with Gasteiger partial charge in [0.05, 0.1) is 5.52 Å². The number of carbonyl (C=O) groups is 1. The van der Waals surface area contributed by atoms with E-state index >= 15 is 0 Å². The van der Waals surface area contributed by atoms with Crippen molar-refractivity contribution in [1.82, 2.24) is 19.4 Å². The molecular weight excluding hydrogens is 487 g/mol. The molecule has 0 bridgehead atoms. The van der Waals surface area contributed by atoms with Crippen LogP contribution in [0.25, 0.3) is 32.9 Å². The Balaban J connectivity index is 1.82. The van der Waals surface area contributed by atoms with E-state index in [-0.39, 0.29) is 30.0 Å². The second-order valence-corrected chi connectivity index (χ2v) is 9.48. The van der Waals surface area contributed by atoms with Crippen molar-refractivity contribution in [3.63, 3.8) is 0 Å². The Labute approximate surface area is 217 Å². The van der Waals surface area contributed by atoms with Crippen molar-refractivity contribution in [3.05, 3.63) is 104 Å². The maximum absolute atomic E-state index is 14.9. The molecule has 0 fully saturated rings. The first kappa shape index (κ1) is 25.2. The minimum atomic E-state index is -0.645. The van der Waals surface area contributed by atoms with Crippen LogP contribution < -0.4 is 11.1 Å². The summed E-state index contributed by atoms with van der Waals surface area (Å²) in [6.45, 7) is 2.33. The number of benzene rings is 2. The van der Waals surface area contributed by atoms with Gasteiger partial charge in [0, 0.05) is 52.8 Å². The van der Waals surface area contributed by atoms with Crippen molar-refractivity contribution in [2.24, 2.45) is 0 Å². The van der Waals surface area contributed by atoms with Crippen molar-refractivity contribution >= 4 is 27.8 Å². The second kappa shape index (κ2) is 10.1. The lowest BCUT2D eigenvalue weighted by atomic mass is 10.0. The summed E-state index contributed by atoms with van der Waals surface area (Å²) >= 11 is 0.